The van der Waals surface area contributed by atoms with Crippen molar-refractivity contribution in [1.82, 2.24) is 4.90 Å². The van der Waals surface area contributed by atoms with Crippen LogP contribution in [0.4, 0.5) is 0 Å². The van der Waals surface area contributed by atoms with E-state index in [0.29, 0.717) is 13.2 Å². The molecule has 25 heavy (non-hydrogen) atoms. The van der Waals surface area contributed by atoms with E-state index in [9.17, 15) is 10.2 Å². The molecule has 1 aliphatic rings. The average Bonchev–Trinajstić information content (AvgIpc) is 2.66. The van der Waals surface area contributed by atoms with Gasteiger partial charge in [-0.15, -0.1) is 0 Å². The van der Waals surface area contributed by atoms with Crippen LogP contribution in [0, 0.1) is 6.42 Å². The Bertz CT molecular complexity index is 595. The monoisotopic (exact) mass is 340 g/mol. The molecule has 4 heteroatoms. The van der Waals surface area contributed by atoms with E-state index in [1.807, 2.05) is 49.7 Å². The van der Waals surface area contributed by atoms with Crippen molar-refractivity contribution < 1.29 is 14.9 Å². The molecule has 1 saturated heterocycles. The second kappa shape index (κ2) is 8.59. The lowest BCUT2D eigenvalue weighted by molar-refractivity contribution is -0.0977. The molecule has 2 N–H and O–H groups in total. The molecule has 3 unspecified atom stereocenters. The van der Waals surface area contributed by atoms with Crippen molar-refractivity contribution in [2.45, 2.75) is 31.2 Å². The summed E-state index contributed by atoms with van der Waals surface area (Å²) < 4.78 is 5.62. The van der Waals surface area contributed by atoms with Gasteiger partial charge in [0, 0.05) is 19.6 Å². The van der Waals surface area contributed by atoms with Crippen LogP contribution in [-0.2, 0) is 4.74 Å². The van der Waals surface area contributed by atoms with Gasteiger partial charge in [0.2, 0.25) is 0 Å². The molecule has 0 aromatic heterocycles. The summed E-state index contributed by atoms with van der Waals surface area (Å²) in [7, 11) is 0. The molecule has 0 aliphatic carbocycles. The number of aliphatic hydroxyl groups excluding tert-OH is 2. The zero-order valence-electron chi connectivity index (χ0n) is 14.5. The van der Waals surface area contributed by atoms with Crippen LogP contribution in [0.2, 0.25) is 0 Å². The molecule has 1 heterocycles. The lowest BCUT2D eigenvalue weighted by Gasteiger charge is -2.46. The predicted molar refractivity (Wildman–Crippen MR) is 98.0 cm³/mol. The van der Waals surface area contributed by atoms with E-state index in [1.165, 1.54) is 0 Å². The maximum Gasteiger partial charge on any atom is 0.0982 e. The highest BCUT2D eigenvalue weighted by molar-refractivity contribution is 5.32. The molecule has 0 spiro atoms. The summed E-state index contributed by atoms with van der Waals surface area (Å²) in [5.74, 6) is 0. The fourth-order valence-corrected chi connectivity index (χ4v) is 3.63. The quantitative estimate of drug-likeness (QED) is 0.848. The van der Waals surface area contributed by atoms with Crippen molar-refractivity contribution in [3.05, 3.63) is 78.2 Å². The zero-order chi connectivity index (χ0) is 17.6. The largest absolute Gasteiger partial charge is 0.395 e. The Morgan fingerprint density at radius 1 is 1.04 bits per heavy atom. The Balaban J connectivity index is 1.96. The third kappa shape index (κ3) is 3.93. The lowest BCUT2D eigenvalue weighted by Crippen LogP contribution is -2.58. The number of hydrogen-bond donors (Lipinski definition) is 2. The van der Waals surface area contributed by atoms with Crippen LogP contribution >= 0.6 is 0 Å². The minimum absolute atomic E-state index is 0.0342. The van der Waals surface area contributed by atoms with Crippen molar-refractivity contribution in [2.24, 2.45) is 0 Å². The fourth-order valence-electron chi connectivity index (χ4n) is 3.63. The van der Waals surface area contributed by atoms with E-state index in [4.69, 9.17) is 4.74 Å². The SMILES string of the molecule is CCOC1[CH]CN(C(c2ccccc2)c2ccccc2)C(CO)C1O. The summed E-state index contributed by atoms with van der Waals surface area (Å²) in [5, 5.41) is 20.7. The van der Waals surface area contributed by atoms with Gasteiger partial charge in [-0.3, -0.25) is 4.90 Å². The number of hydrogen-bond acceptors (Lipinski definition) is 4. The van der Waals surface area contributed by atoms with Crippen molar-refractivity contribution in [3.63, 3.8) is 0 Å². The highest BCUT2D eigenvalue weighted by Gasteiger charge is 2.41. The highest BCUT2D eigenvalue weighted by atomic mass is 16.5. The Morgan fingerprint density at radius 2 is 1.60 bits per heavy atom. The van der Waals surface area contributed by atoms with Gasteiger partial charge in [-0.25, -0.2) is 0 Å². The maximum absolute atomic E-state index is 10.7. The molecule has 0 saturated carbocycles. The molecule has 2 aromatic rings. The third-order valence-corrected chi connectivity index (χ3v) is 4.81. The third-order valence-electron chi connectivity index (χ3n) is 4.81. The van der Waals surface area contributed by atoms with Crippen LogP contribution in [0.5, 0.6) is 0 Å². The van der Waals surface area contributed by atoms with Crippen LogP contribution in [0.3, 0.4) is 0 Å². The zero-order valence-corrected chi connectivity index (χ0v) is 14.5. The number of piperidine rings is 1. The van der Waals surface area contributed by atoms with Gasteiger partial charge in [-0.1, -0.05) is 60.7 Å². The Morgan fingerprint density at radius 3 is 2.08 bits per heavy atom. The van der Waals surface area contributed by atoms with Crippen LogP contribution in [0.25, 0.3) is 0 Å². The molecule has 3 rings (SSSR count). The number of nitrogens with zero attached hydrogens (tertiary/aromatic N) is 1. The molecule has 1 fully saturated rings. The molecule has 4 nitrogen and oxygen atoms in total. The number of likely N-dealkylation sites (tertiary alicyclic amines) is 1. The predicted octanol–water partition coefficient (Wildman–Crippen LogP) is 2.42. The standard InChI is InChI=1S/C21H26NO3/c1-2-25-19-13-14-22(18(15-23)21(19)24)20(16-9-5-3-6-10-16)17-11-7-4-8-12-17/h3-13,18-21,23-24H,2,14-15H2,1H3. The summed E-state index contributed by atoms with van der Waals surface area (Å²) in [6.07, 6.45) is 0.901. The number of rotatable bonds is 6. The van der Waals surface area contributed by atoms with E-state index in [0.717, 1.165) is 11.1 Å². The number of benzene rings is 2. The first-order chi connectivity index (χ1) is 12.3. The van der Waals surface area contributed by atoms with Crippen LogP contribution < -0.4 is 0 Å². The summed E-state index contributed by atoms with van der Waals surface area (Å²) in [6.45, 7) is 2.98. The Labute approximate surface area is 149 Å². The Hall–Kier alpha value is -1.72. The molecular formula is C21H26NO3. The van der Waals surface area contributed by atoms with E-state index >= 15 is 0 Å². The molecule has 3 atom stereocenters. The first-order valence-electron chi connectivity index (χ1n) is 8.85. The smallest absolute Gasteiger partial charge is 0.0982 e. The van der Waals surface area contributed by atoms with Crippen molar-refractivity contribution >= 4 is 0 Å². The topological polar surface area (TPSA) is 52.9 Å². The number of aliphatic hydroxyl groups is 2. The minimum Gasteiger partial charge on any atom is -0.395 e. The van der Waals surface area contributed by atoms with Gasteiger partial charge in [-0.05, 0) is 18.1 Å². The van der Waals surface area contributed by atoms with Gasteiger partial charge in [-0.2, -0.15) is 0 Å². The van der Waals surface area contributed by atoms with E-state index in [1.54, 1.807) is 0 Å². The van der Waals surface area contributed by atoms with Crippen molar-refractivity contribution in [2.75, 3.05) is 19.8 Å². The van der Waals surface area contributed by atoms with Gasteiger partial charge in [0.1, 0.15) is 0 Å². The molecule has 2 aromatic carbocycles. The molecular weight excluding hydrogens is 314 g/mol. The van der Waals surface area contributed by atoms with E-state index in [-0.39, 0.29) is 24.8 Å². The molecule has 0 amide bonds. The van der Waals surface area contributed by atoms with Gasteiger partial charge in [0.25, 0.3) is 0 Å². The first kappa shape index (κ1) is 18.1. The lowest BCUT2D eigenvalue weighted by atomic mass is 9.89. The molecule has 0 bridgehead atoms. The van der Waals surface area contributed by atoms with Gasteiger partial charge < -0.3 is 14.9 Å². The first-order valence-corrected chi connectivity index (χ1v) is 8.85. The summed E-state index contributed by atoms with van der Waals surface area (Å²) in [6, 6.07) is 20.0. The summed E-state index contributed by atoms with van der Waals surface area (Å²) in [5.41, 5.74) is 2.28. The van der Waals surface area contributed by atoms with Crippen LogP contribution in [0.1, 0.15) is 24.1 Å². The number of ether oxygens (including phenoxy) is 1. The molecule has 133 valence electrons. The van der Waals surface area contributed by atoms with E-state index in [2.05, 4.69) is 29.2 Å². The molecule has 1 radical (unpaired) electrons. The highest BCUT2D eigenvalue weighted by Crippen LogP contribution is 2.34. The fraction of sp³-hybridized carbons (Fsp3) is 0.381. The minimum atomic E-state index is -0.756. The summed E-state index contributed by atoms with van der Waals surface area (Å²) in [4.78, 5) is 2.16. The second-order valence-electron chi connectivity index (χ2n) is 6.32. The van der Waals surface area contributed by atoms with Gasteiger partial charge >= 0.3 is 0 Å². The molecule has 1 aliphatic heterocycles. The van der Waals surface area contributed by atoms with Crippen LogP contribution in [-0.4, -0.2) is 53.1 Å². The Kier molecular flexibility index (Phi) is 6.21. The second-order valence-corrected chi connectivity index (χ2v) is 6.32. The normalized spacial score (nSPS) is 24.6. The van der Waals surface area contributed by atoms with Crippen LogP contribution in [0.15, 0.2) is 60.7 Å². The van der Waals surface area contributed by atoms with E-state index < -0.39 is 6.10 Å². The maximum atomic E-state index is 10.7. The van der Waals surface area contributed by atoms with Crippen molar-refractivity contribution in [3.8, 4) is 0 Å². The summed E-state index contributed by atoms with van der Waals surface area (Å²) >= 11 is 0. The van der Waals surface area contributed by atoms with Crippen molar-refractivity contribution in [1.29, 1.82) is 0 Å². The van der Waals surface area contributed by atoms with Gasteiger partial charge in [0.05, 0.1) is 30.9 Å². The van der Waals surface area contributed by atoms with Gasteiger partial charge in [0.15, 0.2) is 0 Å². The average molecular weight is 340 g/mol.